The third-order valence-corrected chi connectivity index (χ3v) is 7.20. The summed E-state index contributed by atoms with van der Waals surface area (Å²) in [5.41, 5.74) is 0.998. The second kappa shape index (κ2) is 10.5. The SMILES string of the molecule is CCN(CC)S(=O)(=O)c1ccc(C(=O)NCC(=O)OCc2noc(-c3ccsc3)n2)cc1. The van der Waals surface area contributed by atoms with Crippen molar-refractivity contribution in [2.45, 2.75) is 25.3 Å². The van der Waals surface area contributed by atoms with E-state index >= 15 is 0 Å². The number of nitrogens with one attached hydrogen (secondary N) is 1. The molecule has 0 fully saturated rings. The molecular formula is C20H22N4O6S2. The second-order valence-electron chi connectivity index (χ2n) is 6.48. The molecule has 2 aromatic heterocycles. The Balaban J connectivity index is 1.49. The molecule has 3 rings (SSSR count). The summed E-state index contributed by atoms with van der Waals surface area (Å²) in [6.45, 7) is 3.64. The third-order valence-electron chi connectivity index (χ3n) is 4.45. The fraction of sp³-hybridized carbons (Fsp3) is 0.300. The summed E-state index contributed by atoms with van der Waals surface area (Å²) in [4.78, 5) is 28.4. The van der Waals surface area contributed by atoms with E-state index in [1.54, 1.807) is 13.8 Å². The summed E-state index contributed by atoms with van der Waals surface area (Å²) in [6, 6.07) is 7.34. The predicted octanol–water partition coefficient (Wildman–Crippen LogP) is 2.30. The first kappa shape index (κ1) is 23.6. The van der Waals surface area contributed by atoms with Crippen molar-refractivity contribution in [2.24, 2.45) is 0 Å². The Kier molecular flexibility index (Phi) is 7.72. The summed E-state index contributed by atoms with van der Waals surface area (Å²) in [5, 5.41) is 9.90. The van der Waals surface area contributed by atoms with E-state index in [2.05, 4.69) is 15.5 Å². The van der Waals surface area contributed by atoms with E-state index in [-0.39, 0.29) is 29.4 Å². The van der Waals surface area contributed by atoms with Gasteiger partial charge in [-0.05, 0) is 35.7 Å². The fourth-order valence-corrected chi connectivity index (χ4v) is 4.85. The van der Waals surface area contributed by atoms with Gasteiger partial charge in [-0.2, -0.15) is 20.6 Å². The Morgan fingerprint density at radius 3 is 2.50 bits per heavy atom. The molecule has 1 aromatic carbocycles. The van der Waals surface area contributed by atoms with Gasteiger partial charge >= 0.3 is 5.97 Å². The first-order chi connectivity index (χ1) is 15.3. The number of thiophene rings is 1. The molecule has 0 atom stereocenters. The molecule has 2 heterocycles. The topological polar surface area (TPSA) is 132 Å². The van der Waals surface area contributed by atoms with Crippen LogP contribution in [0.4, 0.5) is 0 Å². The van der Waals surface area contributed by atoms with Crippen LogP contribution in [0.5, 0.6) is 0 Å². The summed E-state index contributed by atoms with van der Waals surface area (Å²) in [7, 11) is -3.61. The van der Waals surface area contributed by atoms with E-state index in [1.165, 1.54) is 39.9 Å². The van der Waals surface area contributed by atoms with Gasteiger partial charge in [-0.3, -0.25) is 9.59 Å². The number of sulfonamides is 1. The van der Waals surface area contributed by atoms with Gasteiger partial charge in [0.25, 0.3) is 11.8 Å². The van der Waals surface area contributed by atoms with E-state index in [9.17, 15) is 18.0 Å². The maximum atomic E-state index is 12.5. The number of rotatable bonds is 10. The molecule has 0 bridgehead atoms. The Labute approximate surface area is 189 Å². The summed E-state index contributed by atoms with van der Waals surface area (Å²) in [6.07, 6.45) is 0. The Morgan fingerprint density at radius 2 is 1.88 bits per heavy atom. The van der Waals surface area contributed by atoms with Crippen LogP contribution in [-0.2, 0) is 26.2 Å². The van der Waals surface area contributed by atoms with Gasteiger partial charge in [-0.25, -0.2) is 8.42 Å². The van der Waals surface area contributed by atoms with Crippen LogP contribution in [0.25, 0.3) is 11.5 Å². The average molecular weight is 479 g/mol. The Bertz CT molecular complexity index is 1150. The van der Waals surface area contributed by atoms with Crippen molar-refractivity contribution in [1.82, 2.24) is 19.8 Å². The van der Waals surface area contributed by atoms with E-state index in [1.807, 2.05) is 16.8 Å². The summed E-state index contributed by atoms with van der Waals surface area (Å²) < 4.78 is 36.5. The van der Waals surface area contributed by atoms with Crippen molar-refractivity contribution in [2.75, 3.05) is 19.6 Å². The van der Waals surface area contributed by atoms with Crippen LogP contribution in [0.1, 0.15) is 30.0 Å². The summed E-state index contributed by atoms with van der Waals surface area (Å²) >= 11 is 1.49. The molecule has 1 amide bonds. The third kappa shape index (κ3) is 5.58. The number of esters is 1. The molecule has 0 aliphatic carbocycles. The molecule has 12 heteroatoms. The van der Waals surface area contributed by atoms with E-state index in [4.69, 9.17) is 9.26 Å². The van der Waals surface area contributed by atoms with Gasteiger partial charge in [0.05, 0.1) is 10.5 Å². The fourth-order valence-electron chi connectivity index (χ4n) is 2.76. The van der Waals surface area contributed by atoms with Crippen LogP contribution in [0.15, 0.2) is 50.5 Å². The molecule has 170 valence electrons. The van der Waals surface area contributed by atoms with Crippen molar-refractivity contribution in [3.8, 4) is 11.5 Å². The minimum absolute atomic E-state index is 0.0964. The van der Waals surface area contributed by atoms with Gasteiger partial charge in [-0.1, -0.05) is 19.0 Å². The van der Waals surface area contributed by atoms with Crippen LogP contribution in [0.2, 0.25) is 0 Å². The van der Waals surface area contributed by atoms with Crippen molar-refractivity contribution in [1.29, 1.82) is 0 Å². The molecule has 3 aromatic rings. The lowest BCUT2D eigenvalue weighted by Gasteiger charge is -2.18. The number of amides is 1. The van der Waals surface area contributed by atoms with E-state index in [0.717, 1.165) is 5.56 Å². The molecule has 0 saturated carbocycles. The monoisotopic (exact) mass is 478 g/mol. The first-order valence-corrected chi connectivity index (χ1v) is 12.1. The molecule has 0 spiro atoms. The zero-order chi connectivity index (χ0) is 23.1. The first-order valence-electron chi connectivity index (χ1n) is 9.74. The number of hydrogen-bond acceptors (Lipinski definition) is 9. The lowest BCUT2D eigenvalue weighted by atomic mass is 10.2. The van der Waals surface area contributed by atoms with Crippen molar-refractivity contribution in [3.05, 3.63) is 52.5 Å². The lowest BCUT2D eigenvalue weighted by molar-refractivity contribution is -0.143. The molecule has 0 unspecified atom stereocenters. The van der Waals surface area contributed by atoms with Crippen molar-refractivity contribution in [3.63, 3.8) is 0 Å². The quantitative estimate of drug-likeness (QED) is 0.439. The molecule has 1 N–H and O–H groups in total. The average Bonchev–Trinajstić information content (AvgIpc) is 3.48. The van der Waals surface area contributed by atoms with Crippen LogP contribution in [0, 0.1) is 0 Å². The van der Waals surface area contributed by atoms with Crippen molar-refractivity contribution < 1.29 is 27.3 Å². The number of nitrogens with zero attached hydrogens (tertiary/aromatic N) is 3. The van der Waals surface area contributed by atoms with Gasteiger partial charge in [0.1, 0.15) is 6.54 Å². The van der Waals surface area contributed by atoms with E-state index < -0.39 is 21.9 Å². The van der Waals surface area contributed by atoms with Gasteiger partial charge < -0.3 is 14.6 Å². The highest BCUT2D eigenvalue weighted by atomic mass is 32.2. The molecule has 0 radical (unpaired) electrons. The number of carbonyl (C=O) groups excluding carboxylic acids is 2. The second-order valence-corrected chi connectivity index (χ2v) is 9.20. The predicted molar refractivity (Wildman–Crippen MR) is 116 cm³/mol. The molecular weight excluding hydrogens is 456 g/mol. The lowest BCUT2D eigenvalue weighted by Crippen LogP contribution is -2.31. The normalized spacial score (nSPS) is 11.5. The zero-order valence-corrected chi connectivity index (χ0v) is 19.1. The number of carbonyl (C=O) groups is 2. The number of benzene rings is 1. The van der Waals surface area contributed by atoms with E-state index in [0.29, 0.717) is 19.0 Å². The van der Waals surface area contributed by atoms with Crippen LogP contribution in [0.3, 0.4) is 0 Å². The molecule has 0 saturated heterocycles. The highest BCUT2D eigenvalue weighted by molar-refractivity contribution is 7.89. The number of ether oxygens (including phenoxy) is 1. The standard InChI is InChI=1S/C20H22N4O6S2/c1-3-24(4-2)32(27,28)16-7-5-14(6-8-16)19(26)21-11-18(25)29-12-17-22-20(30-23-17)15-9-10-31-13-15/h5-10,13H,3-4,11-12H2,1-2H3,(H,21,26). The smallest absolute Gasteiger partial charge is 0.325 e. The van der Waals surface area contributed by atoms with Crippen LogP contribution < -0.4 is 5.32 Å². The number of hydrogen-bond donors (Lipinski definition) is 1. The van der Waals surface area contributed by atoms with Crippen LogP contribution in [-0.4, -0.2) is 54.4 Å². The van der Waals surface area contributed by atoms with Crippen LogP contribution >= 0.6 is 11.3 Å². The highest BCUT2D eigenvalue weighted by Crippen LogP contribution is 2.20. The maximum Gasteiger partial charge on any atom is 0.325 e. The molecule has 10 nitrogen and oxygen atoms in total. The largest absolute Gasteiger partial charge is 0.456 e. The highest BCUT2D eigenvalue weighted by Gasteiger charge is 2.21. The van der Waals surface area contributed by atoms with Crippen molar-refractivity contribution >= 4 is 33.2 Å². The molecule has 0 aliphatic heterocycles. The van der Waals surface area contributed by atoms with Gasteiger partial charge in [0.2, 0.25) is 15.8 Å². The van der Waals surface area contributed by atoms with Gasteiger partial charge in [-0.15, -0.1) is 0 Å². The minimum Gasteiger partial charge on any atom is -0.456 e. The molecule has 32 heavy (non-hydrogen) atoms. The maximum absolute atomic E-state index is 12.5. The Hall–Kier alpha value is -3.09. The van der Waals surface area contributed by atoms with Gasteiger partial charge in [0, 0.05) is 24.0 Å². The zero-order valence-electron chi connectivity index (χ0n) is 17.5. The summed E-state index contributed by atoms with van der Waals surface area (Å²) in [5.74, 6) is -0.679. The number of aromatic nitrogens is 2. The van der Waals surface area contributed by atoms with Gasteiger partial charge in [0.15, 0.2) is 6.61 Å². The minimum atomic E-state index is -3.61. The molecule has 0 aliphatic rings. The Morgan fingerprint density at radius 1 is 1.16 bits per heavy atom.